The Kier molecular flexibility index (Phi) is 6.25. The Hall–Kier alpha value is -3.37. The molecule has 4 N–H and O–H groups in total. The summed E-state index contributed by atoms with van der Waals surface area (Å²) in [6, 6.07) is 15.7. The van der Waals surface area contributed by atoms with E-state index >= 15 is 0 Å². The summed E-state index contributed by atoms with van der Waals surface area (Å²) < 4.78 is 0. The van der Waals surface area contributed by atoms with Gasteiger partial charge in [-0.3, -0.25) is 4.79 Å². The van der Waals surface area contributed by atoms with E-state index in [0.29, 0.717) is 31.6 Å². The monoisotopic (exact) mass is 377 g/mol. The molecule has 0 spiro atoms. The van der Waals surface area contributed by atoms with Crippen molar-refractivity contribution in [2.45, 2.75) is 32.0 Å². The van der Waals surface area contributed by atoms with Crippen LogP contribution in [0.2, 0.25) is 0 Å². The number of nitrogens with one attached hydrogen (secondary N) is 2. The molecular formula is C21H23N5O2. The van der Waals surface area contributed by atoms with Crippen LogP contribution in [-0.4, -0.2) is 24.5 Å². The average Bonchev–Trinajstić information content (AvgIpc) is 2.74. The average molecular weight is 377 g/mol. The van der Waals surface area contributed by atoms with Crippen molar-refractivity contribution in [1.82, 2.24) is 10.6 Å². The van der Waals surface area contributed by atoms with Gasteiger partial charge in [-0.2, -0.15) is 5.26 Å². The molecule has 1 aliphatic rings. The minimum absolute atomic E-state index is 0.140. The quantitative estimate of drug-likeness (QED) is 0.740. The highest BCUT2D eigenvalue weighted by atomic mass is 16.2. The molecule has 1 unspecified atom stereocenters. The van der Waals surface area contributed by atoms with Crippen LogP contribution < -0.4 is 21.3 Å². The molecule has 0 radical (unpaired) electrons. The summed E-state index contributed by atoms with van der Waals surface area (Å²) >= 11 is 0. The molecule has 1 saturated heterocycles. The van der Waals surface area contributed by atoms with Crippen molar-refractivity contribution in [2.75, 3.05) is 11.4 Å². The van der Waals surface area contributed by atoms with Crippen molar-refractivity contribution < 1.29 is 9.59 Å². The molecule has 28 heavy (non-hydrogen) atoms. The second-order valence-electron chi connectivity index (χ2n) is 6.69. The van der Waals surface area contributed by atoms with Gasteiger partial charge in [-0.25, -0.2) is 4.79 Å². The van der Waals surface area contributed by atoms with Gasteiger partial charge in [0.1, 0.15) is 6.04 Å². The Labute approximate surface area is 164 Å². The smallest absolute Gasteiger partial charge is 0.315 e. The lowest BCUT2D eigenvalue weighted by molar-refractivity contribution is -0.121. The molecule has 0 bridgehead atoms. The van der Waals surface area contributed by atoms with Gasteiger partial charge in [0.25, 0.3) is 0 Å². The topological polar surface area (TPSA) is 111 Å². The molecule has 0 saturated carbocycles. The number of nitriles is 1. The zero-order valence-electron chi connectivity index (χ0n) is 15.5. The van der Waals surface area contributed by atoms with Crippen LogP contribution in [0.5, 0.6) is 0 Å². The van der Waals surface area contributed by atoms with Crippen molar-refractivity contribution in [3.8, 4) is 6.07 Å². The third kappa shape index (κ3) is 4.67. The summed E-state index contributed by atoms with van der Waals surface area (Å²) in [4.78, 5) is 26.7. The zero-order chi connectivity index (χ0) is 19.9. The maximum Gasteiger partial charge on any atom is 0.315 e. The Morgan fingerprint density at radius 3 is 2.46 bits per heavy atom. The van der Waals surface area contributed by atoms with Gasteiger partial charge in [0.05, 0.1) is 11.6 Å². The van der Waals surface area contributed by atoms with E-state index in [1.165, 1.54) is 0 Å². The number of piperidine rings is 1. The first-order valence-electron chi connectivity index (χ1n) is 9.24. The van der Waals surface area contributed by atoms with E-state index in [4.69, 9.17) is 11.0 Å². The lowest BCUT2D eigenvalue weighted by atomic mass is 10.0. The maximum atomic E-state index is 12.8. The van der Waals surface area contributed by atoms with Gasteiger partial charge >= 0.3 is 6.03 Å². The highest BCUT2D eigenvalue weighted by Crippen LogP contribution is 2.21. The van der Waals surface area contributed by atoms with Gasteiger partial charge in [-0.15, -0.1) is 0 Å². The van der Waals surface area contributed by atoms with Gasteiger partial charge in [-0.05, 0) is 48.2 Å². The predicted molar refractivity (Wildman–Crippen MR) is 106 cm³/mol. The van der Waals surface area contributed by atoms with E-state index in [1.54, 1.807) is 29.2 Å². The van der Waals surface area contributed by atoms with E-state index in [0.717, 1.165) is 23.2 Å². The SMILES string of the molecule is N#Cc1ccc(N2CCCC(NC(=O)NCc3ccc(CN)cc3)C2=O)cc1. The van der Waals surface area contributed by atoms with E-state index in [1.807, 2.05) is 24.3 Å². The molecule has 1 heterocycles. The maximum absolute atomic E-state index is 12.8. The van der Waals surface area contributed by atoms with Crippen molar-refractivity contribution in [1.29, 1.82) is 5.26 Å². The molecule has 1 atom stereocenters. The number of carbonyl (C=O) groups is 2. The Bertz CT molecular complexity index is 871. The molecule has 3 rings (SSSR count). The van der Waals surface area contributed by atoms with E-state index in [2.05, 4.69) is 16.7 Å². The highest BCUT2D eigenvalue weighted by Gasteiger charge is 2.30. The number of anilines is 1. The lowest BCUT2D eigenvalue weighted by Gasteiger charge is -2.32. The number of nitrogens with zero attached hydrogens (tertiary/aromatic N) is 2. The molecule has 144 valence electrons. The summed E-state index contributed by atoms with van der Waals surface area (Å²) in [6.07, 6.45) is 1.39. The number of hydrogen-bond donors (Lipinski definition) is 3. The third-order valence-corrected chi connectivity index (χ3v) is 4.76. The molecule has 7 nitrogen and oxygen atoms in total. The molecule has 2 aromatic carbocycles. The van der Waals surface area contributed by atoms with Crippen molar-refractivity contribution >= 4 is 17.6 Å². The third-order valence-electron chi connectivity index (χ3n) is 4.76. The van der Waals surface area contributed by atoms with Crippen LogP contribution in [0.25, 0.3) is 0 Å². The second kappa shape index (κ2) is 9.02. The first-order valence-corrected chi connectivity index (χ1v) is 9.24. The minimum Gasteiger partial charge on any atom is -0.334 e. The Morgan fingerprint density at radius 1 is 1.14 bits per heavy atom. The van der Waals surface area contributed by atoms with Gasteiger partial charge in [0.15, 0.2) is 0 Å². The summed E-state index contributed by atoms with van der Waals surface area (Å²) in [7, 11) is 0. The molecule has 0 aromatic heterocycles. The lowest BCUT2D eigenvalue weighted by Crippen LogP contribution is -2.54. The summed E-state index contributed by atoms with van der Waals surface area (Å²) in [5, 5.41) is 14.5. The summed E-state index contributed by atoms with van der Waals surface area (Å²) in [5.74, 6) is -0.140. The van der Waals surface area contributed by atoms with Crippen molar-refractivity contribution in [3.05, 3.63) is 65.2 Å². The Balaban J connectivity index is 1.55. The van der Waals surface area contributed by atoms with Crippen molar-refractivity contribution in [3.63, 3.8) is 0 Å². The Morgan fingerprint density at radius 2 is 1.82 bits per heavy atom. The van der Waals surface area contributed by atoms with Gasteiger partial charge < -0.3 is 21.3 Å². The number of hydrogen-bond acceptors (Lipinski definition) is 4. The fraction of sp³-hybridized carbons (Fsp3) is 0.286. The molecule has 1 fully saturated rings. The number of urea groups is 1. The van der Waals surface area contributed by atoms with Gasteiger partial charge in [0, 0.05) is 25.3 Å². The predicted octanol–water partition coefficient (Wildman–Crippen LogP) is 2.01. The van der Waals surface area contributed by atoms with E-state index in [9.17, 15) is 9.59 Å². The highest BCUT2D eigenvalue weighted by molar-refractivity contribution is 5.99. The number of benzene rings is 2. The van der Waals surface area contributed by atoms with Crippen LogP contribution in [-0.2, 0) is 17.9 Å². The van der Waals surface area contributed by atoms with E-state index in [-0.39, 0.29) is 11.9 Å². The molecule has 1 aliphatic heterocycles. The molecule has 0 aliphatic carbocycles. The second-order valence-corrected chi connectivity index (χ2v) is 6.69. The van der Waals surface area contributed by atoms with Crippen LogP contribution in [0.1, 0.15) is 29.5 Å². The fourth-order valence-electron chi connectivity index (χ4n) is 3.17. The standard InChI is InChI=1S/C21H23N5O2/c22-12-15-3-5-17(6-4-15)14-24-21(28)25-19-2-1-11-26(20(19)27)18-9-7-16(13-23)8-10-18/h3-10,19H,1-2,11-12,14,22H2,(H2,24,25,28). The van der Waals surface area contributed by atoms with Crippen LogP contribution in [0.15, 0.2) is 48.5 Å². The van der Waals surface area contributed by atoms with Crippen LogP contribution in [0, 0.1) is 11.3 Å². The molecule has 7 heteroatoms. The summed E-state index contributed by atoms with van der Waals surface area (Å²) in [6.45, 7) is 1.45. The zero-order valence-corrected chi connectivity index (χ0v) is 15.5. The minimum atomic E-state index is -0.566. The first kappa shape index (κ1) is 19.4. The van der Waals surface area contributed by atoms with Gasteiger partial charge in [-0.1, -0.05) is 24.3 Å². The first-order chi connectivity index (χ1) is 13.6. The van der Waals surface area contributed by atoms with Gasteiger partial charge in [0.2, 0.25) is 5.91 Å². The summed E-state index contributed by atoms with van der Waals surface area (Å²) in [5.41, 5.74) is 8.84. The normalized spacial score (nSPS) is 16.4. The number of carbonyl (C=O) groups excluding carboxylic acids is 2. The van der Waals surface area contributed by atoms with Crippen LogP contribution >= 0.6 is 0 Å². The fourth-order valence-corrected chi connectivity index (χ4v) is 3.17. The molecule has 2 aromatic rings. The van der Waals surface area contributed by atoms with Crippen LogP contribution in [0.3, 0.4) is 0 Å². The molecule has 3 amide bonds. The number of amides is 3. The number of nitrogens with two attached hydrogens (primary N) is 1. The van der Waals surface area contributed by atoms with Crippen LogP contribution in [0.4, 0.5) is 10.5 Å². The number of rotatable bonds is 5. The van der Waals surface area contributed by atoms with Crippen molar-refractivity contribution in [2.24, 2.45) is 5.73 Å². The van der Waals surface area contributed by atoms with E-state index < -0.39 is 6.04 Å². The molecular weight excluding hydrogens is 354 g/mol. The largest absolute Gasteiger partial charge is 0.334 e.